The maximum atomic E-state index is 14.0. The van der Waals surface area contributed by atoms with Crippen LogP contribution in [0, 0.1) is 0 Å². The Bertz CT molecular complexity index is 1900. The highest BCUT2D eigenvalue weighted by Gasteiger charge is 2.28. The number of sulfonamides is 1. The van der Waals surface area contributed by atoms with Crippen molar-refractivity contribution in [1.29, 1.82) is 0 Å². The van der Waals surface area contributed by atoms with E-state index < -0.39 is 21.9 Å². The lowest BCUT2D eigenvalue weighted by atomic mass is 10.1. The molecule has 0 fully saturated rings. The highest BCUT2D eigenvalue weighted by atomic mass is 32.2. The van der Waals surface area contributed by atoms with Gasteiger partial charge < -0.3 is 9.47 Å². The summed E-state index contributed by atoms with van der Waals surface area (Å²) in [6.07, 6.45) is 1.43. The summed E-state index contributed by atoms with van der Waals surface area (Å²) in [5.41, 5.74) is 4.60. The Balaban J connectivity index is 1.35. The van der Waals surface area contributed by atoms with E-state index in [1.807, 2.05) is 36.4 Å². The van der Waals surface area contributed by atoms with E-state index in [1.165, 1.54) is 35.8 Å². The van der Waals surface area contributed by atoms with Crippen LogP contribution in [0.3, 0.4) is 0 Å². The summed E-state index contributed by atoms with van der Waals surface area (Å²) in [5, 5.41) is 4.07. The van der Waals surface area contributed by atoms with E-state index >= 15 is 0 Å². The fourth-order valence-electron chi connectivity index (χ4n) is 4.39. The summed E-state index contributed by atoms with van der Waals surface area (Å²) < 4.78 is 39.7. The number of hydrazone groups is 1. The highest BCUT2D eigenvalue weighted by Crippen LogP contribution is 2.30. The standard InChI is InChI=1S/C35H29N3O6S/c1-43-29-20-22-31(23-21-29)45(41,42)38(25-27-10-4-2-5-11-27)33-15-9-8-14-32(33)34(39)37-36-24-26-16-18-30(19-17-26)44-35(40)28-12-6-3-7-13-28/h2-24H,25H2,1H3,(H,37,39)/b36-24-. The molecule has 5 aromatic carbocycles. The third-order valence-electron chi connectivity index (χ3n) is 6.71. The van der Waals surface area contributed by atoms with Crippen LogP contribution in [-0.2, 0) is 16.6 Å². The zero-order valence-corrected chi connectivity index (χ0v) is 25.1. The Morgan fingerprint density at radius 3 is 2.02 bits per heavy atom. The molecular formula is C35H29N3O6S. The van der Waals surface area contributed by atoms with Gasteiger partial charge >= 0.3 is 5.97 Å². The second kappa shape index (κ2) is 14.2. The highest BCUT2D eigenvalue weighted by molar-refractivity contribution is 7.92. The first-order chi connectivity index (χ1) is 21.8. The van der Waals surface area contributed by atoms with Gasteiger partial charge in [0.2, 0.25) is 0 Å². The van der Waals surface area contributed by atoms with Crippen LogP contribution in [-0.4, -0.2) is 33.6 Å². The molecule has 0 atom stereocenters. The summed E-state index contributed by atoms with van der Waals surface area (Å²) in [6, 6.07) is 36.9. The van der Waals surface area contributed by atoms with Gasteiger partial charge in [0.05, 0.1) is 41.6 Å². The van der Waals surface area contributed by atoms with Gasteiger partial charge in [0.25, 0.3) is 15.9 Å². The molecule has 9 nitrogen and oxygen atoms in total. The number of esters is 1. The van der Waals surface area contributed by atoms with Crippen LogP contribution >= 0.6 is 0 Å². The zero-order valence-electron chi connectivity index (χ0n) is 24.2. The number of nitrogens with zero attached hydrogens (tertiary/aromatic N) is 2. The Morgan fingerprint density at radius 2 is 1.36 bits per heavy atom. The number of rotatable bonds is 11. The van der Waals surface area contributed by atoms with Crippen molar-refractivity contribution in [2.75, 3.05) is 11.4 Å². The van der Waals surface area contributed by atoms with Gasteiger partial charge in [-0.15, -0.1) is 0 Å². The van der Waals surface area contributed by atoms with E-state index in [-0.39, 0.29) is 22.7 Å². The first-order valence-electron chi connectivity index (χ1n) is 13.9. The fourth-order valence-corrected chi connectivity index (χ4v) is 5.87. The van der Waals surface area contributed by atoms with Crippen LogP contribution in [0.4, 0.5) is 5.69 Å². The number of hydrogen-bond donors (Lipinski definition) is 1. The summed E-state index contributed by atoms with van der Waals surface area (Å²) >= 11 is 0. The largest absolute Gasteiger partial charge is 0.497 e. The number of amides is 1. The molecule has 1 N–H and O–H groups in total. The minimum atomic E-state index is -4.10. The Labute approximate surface area is 261 Å². The number of ether oxygens (including phenoxy) is 2. The molecule has 45 heavy (non-hydrogen) atoms. The number of hydrogen-bond acceptors (Lipinski definition) is 7. The SMILES string of the molecule is COc1ccc(S(=O)(=O)N(Cc2ccccc2)c2ccccc2C(=O)N/N=C\c2ccc(OC(=O)c3ccccc3)cc2)cc1. The van der Waals surface area contributed by atoms with Gasteiger partial charge in [0, 0.05) is 0 Å². The van der Waals surface area contributed by atoms with E-state index in [0.29, 0.717) is 22.6 Å². The molecule has 10 heteroatoms. The quantitative estimate of drug-likeness (QED) is 0.0831. The molecule has 5 aromatic rings. The van der Waals surface area contributed by atoms with E-state index in [4.69, 9.17) is 9.47 Å². The van der Waals surface area contributed by atoms with E-state index in [9.17, 15) is 18.0 Å². The van der Waals surface area contributed by atoms with Gasteiger partial charge in [0.1, 0.15) is 11.5 Å². The van der Waals surface area contributed by atoms with Crippen LogP contribution in [0.1, 0.15) is 31.8 Å². The van der Waals surface area contributed by atoms with Crippen LogP contribution in [0.5, 0.6) is 11.5 Å². The molecule has 0 aliphatic rings. The number of carbonyl (C=O) groups is 2. The number of para-hydroxylation sites is 1. The Hall–Kier alpha value is -5.74. The van der Waals surface area contributed by atoms with Gasteiger partial charge in [-0.3, -0.25) is 9.10 Å². The summed E-state index contributed by atoms with van der Waals surface area (Å²) in [4.78, 5) is 25.7. The fraction of sp³-hybridized carbons (Fsp3) is 0.0571. The first kappa shape index (κ1) is 30.7. The van der Waals surface area contributed by atoms with Crippen molar-refractivity contribution < 1.29 is 27.5 Å². The number of anilines is 1. The summed E-state index contributed by atoms with van der Waals surface area (Å²) in [7, 11) is -2.60. The smallest absolute Gasteiger partial charge is 0.343 e. The minimum Gasteiger partial charge on any atom is -0.497 e. The van der Waals surface area contributed by atoms with Crippen molar-refractivity contribution in [2.24, 2.45) is 5.10 Å². The van der Waals surface area contributed by atoms with Crippen molar-refractivity contribution in [2.45, 2.75) is 11.4 Å². The molecule has 0 radical (unpaired) electrons. The van der Waals surface area contributed by atoms with E-state index in [2.05, 4.69) is 10.5 Å². The maximum absolute atomic E-state index is 14.0. The summed E-state index contributed by atoms with van der Waals surface area (Å²) in [5.74, 6) is -0.198. The monoisotopic (exact) mass is 619 g/mol. The third-order valence-corrected chi connectivity index (χ3v) is 8.49. The maximum Gasteiger partial charge on any atom is 0.343 e. The lowest BCUT2D eigenvalue weighted by Gasteiger charge is -2.26. The molecule has 0 saturated carbocycles. The van der Waals surface area contributed by atoms with Gasteiger partial charge in [-0.2, -0.15) is 5.10 Å². The molecule has 5 rings (SSSR count). The number of methoxy groups -OCH3 is 1. The predicted octanol–water partition coefficient (Wildman–Crippen LogP) is 6.07. The van der Waals surface area contributed by atoms with Gasteiger partial charge in [0.15, 0.2) is 0 Å². The van der Waals surface area contributed by atoms with Crippen molar-refractivity contribution in [3.63, 3.8) is 0 Å². The molecule has 0 saturated heterocycles. The molecule has 226 valence electrons. The molecular weight excluding hydrogens is 590 g/mol. The Morgan fingerprint density at radius 1 is 0.756 bits per heavy atom. The number of carbonyl (C=O) groups excluding carboxylic acids is 2. The van der Waals surface area contributed by atoms with Gasteiger partial charge in [-0.25, -0.2) is 18.6 Å². The lowest BCUT2D eigenvalue weighted by Crippen LogP contribution is -2.33. The molecule has 0 aliphatic carbocycles. The van der Waals surface area contributed by atoms with Crippen molar-refractivity contribution >= 4 is 33.8 Å². The molecule has 0 aliphatic heterocycles. The molecule has 0 heterocycles. The average molecular weight is 620 g/mol. The van der Waals surface area contributed by atoms with Crippen LogP contribution < -0.4 is 19.2 Å². The van der Waals surface area contributed by atoms with Crippen LogP contribution in [0.15, 0.2) is 143 Å². The van der Waals surface area contributed by atoms with Crippen molar-refractivity contribution in [3.8, 4) is 11.5 Å². The van der Waals surface area contributed by atoms with E-state index in [1.54, 1.807) is 78.9 Å². The number of benzene rings is 5. The average Bonchev–Trinajstić information content (AvgIpc) is 3.08. The van der Waals surface area contributed by atoms with Crippen molar-refractivity contribution in [1.82, 2.24) is 5.43 Å². The topological polar surface area (TPSA) is 114 Å². The molecule has 0 unspecified atom stereocenters. The van der Waals surface area contributed by atoms with Crippen LogP contribution in [0.2, 0.25) is 0 Å². The van der Waals surface area contributed by atoms with Gasteiger partial charge in [-0.05, 0) is 83.9 Å². The second-order valence-corrected chi connectivity index (χ2v) is 11.6. The molecule has 0 spiro atoms. The molecule has 0 aromatic heterocycles. The van der Waals surface area contributed by atoms with Crippen LogP contribution in [0.25, 0.3) is 0 Å². The third kappa shape index (κ3) is 7.62. The van der Waals surface area contributed by atoms with Gasteiger partial charge in [-0.1, -0.05) is 60.7 Å². The minimum absolute atomic E-state index is 0.00996. The predicted molar refractivity (Wildman–Crippen MR) is 172 cm³/mol. The number of nitrogens with one attached hydrogen (secondary N) is 1. The molecule has 1 amide bonds. The Kier molecular flexibility index (Phi) is 9.66. The van der Waals surface area contributed by atoms with E-state index in [0.717, 1.165) is 5.56 Å². The normalized spacial score (nSPS) is 11.1. The summed E-state index contributed by atoms with van der Waals surface area (Å²) in [6.45, 7) is -0.00996. The first-order valence-corrected chi connectivity index (χ1v) is 15.3. The lowest BCUT2D eigenvalue weighted by molar-refractivity contribution is 0.0734. The second-order valence-electron chi connectivity index (χ2n) is 9.71. The van der Waals surface area contributed by atoms with Crippen molar-refractivity contribution in [3.05, 3.63) is 156 Å². The molecule has 0 bridgehead atoms. The zero-order chi connectivity index (χ0) is 31.6.